The van der Waals surface area contributed by atoms with E-state index in [1.54, 1.807) is 0 Å². The Bertz CT molecular complexity index is 228. The fraction of sp³-hybridized carbons (Fsp3) is 1.00. The molecule has 5 nitrogen and oxygen atoms in total. The molecule has 2 N–H and O–H groups in total. The average Bonchev–Trinajstić information content (AvgIpc) is 2.56. The molecule has 0 bridgehead atoms. The molecule has 0 aromatic heterocycles. The van der Waals surface area contributed by atoms with Crippen LogP contribution in [0.5, 0.6) is 0 Å². The largest absolute Gasteiger partial charge is 0.393 e. The van der Waals surface area contributed by atoms with Gasteiger partial charge in [-0.3, -0.25) is 0 Å². The van der Waals surface area contributed by atoms with Crippen molar-refractivity contribution in [2.75, 3.05) is 13.2 Å². The highest BCUT2D eigenvalue weighted by Crippen LogP contribution is 2.38. The van der Waals surface area contributed by atoms with Crippen LogP contribution in [-0.4, -0.2) is 29.0 Å². The minimum atomic E-state index is -0.879. The number of aliphatic hydroxyl groups excluding tert-OH is 1. The fourth-order valence-corrected chi connectivity index (χ4v) is 2.20. The molecule has 0 saturated heterocycles. The Morgan fingerprint density at radius 1 is 1.57 bits per heavy atom. The smallest absolute Gasteiger partial charge is 0.0905 e. The number of nitrogens with zero attached hydrogens (tertiary/aromatic N) is 3. The Hall–Kier alpha value is -0.770. The van der Waals surface area contributed by atoms with Crippen molar-refractivity contribution in [3.8, 4) is 0 Å². The first-order chi connectivity index (χ1) is 6.73. The molecule has 0 heterocycles. The van der Waals surface area contributed by atoms with Gasteiger partial charge >= 0.3 is 0 Å². The van der Waals surface area contributed by atoms with Crippen LogP contribution in [0.1, 0.15) is 32.1 Å². The second-order valence-electron chi connectivity index (χ2n) is 3.95. The maximum atomic E-state index is 9.96. The monoisotopic (exact) mass is 199 g/mol. The summed E-state index contributed by atoms with van der Waals surface area (Å²) in [6.45, 7) is 0.327. The van der Waals surface area contributed by atoms with Gasteiger partial charge < -0.3 is 10.2 Å². The zero-order valence-corrected chi connectivity index (χ0v) is 8.26. The molecule has 0 aromatic carbocycles. The Balaban J connectivity index is 2.32. The zero-order chi connectivity index (χ0) is 10.4. The van der Waals surface area contributed by atoms with Crippen LogP contribution in [0.15, 0.2) is 5.11 Å². The number of hydrogen-bond donors (Lipinski definition) is 2. The highest BCUT2D eigenvalue weighted by atomic mass is 16.3. The molecule has 2 atom stereocenters. The van der Waals surface area contributed by atoms with Crippen LogP contribution in [0.3, 0.4) is 0 Å². The van der Waals surface area contributed by atoms with E-state index in [0.717, 1.165) is 25.7 Å². The van der Waals surface area contributed by atoms with Crippen molar-refractivity contribution in [3.05, 3.63) is 10.4 Å². The molecule has 1 saturated carbocycles. The molecule has 5 heteroatoms. The molecule has 0 amide bonds. The van der Waals surface area contributed by atoms with Gasteiger partial charge in [0.2, 0.25) is 0 Å². The molecule has 1 fully saturated rings. The first-order valence-corrected chi connectivity index (χ1v) is 5.07. The summed E-state index contributed by atoms with van der Waals surface area (Å²) in [5.74, 6) is 0.168. The summed E-state index contributed by atoms with van der Waals surface area (Å²) in [5.41, 5.74) is 7.20. The lowest BCUT2D eigenvalue weighted by molar-refractivity contribution is -0.0469. The van der Waals surface area contributed by atoms with Gasteiger partial charge in [-0.15, -0.1) is 0 Å². The Kier molecular flexibility index (Phi) is 4.20. The minimum Gasteiger partial charge on any atom is -0.393 e. The molecule has 1 rings (SSSR count). The normalized spacial score (nSPS) is 31.4. The number of hydrogen-bond acceptors (Lipinski definition) is 3. The van der Waals surface area contributed by atoms with Crippen molar-refractivity contribution in [1.82, 2.24) is 0 Å². The topological polar surface area (TPSA) is 89.2 Å². The summed E-state index contributed by atoms with van der Waals surface area (Å²) in [6, 6.07) is 0. The van der Waals surface area contributed by atoms with E-state index in [1.165, 1.54) is 0 Å². The quantitative estimate of drug-likeness (QED) is 0.305. The van der Waals surface area contributed by atoms with Crippen LogP contribution < -0.4 is 0 Å². The van der Waals surface area contributed by atoms with Crippen molar-refractivity contribution in [3.63, 3.8) is 0 Å². The second-order valence-corrected chi connectivity index (χ2v) is 3.95. The van der Waals surface area contributed by atoms with E-state index in [4.69, 9.17) is 10.6 Å². The van der Waals surface area contributed by atoms with Gasteiger partial charge in [-0.25, -0.2) is 0 Å². The van der Waals surface area contributed by atoms with E-state index >= 15 is 0 Å². The lowest BCUT2D eigenvalue weighted by atomic mass is 9.88. The lowest BCUT2D eigenvalue weighted by Gasteiger charge is -2.27. The van der Waals surface area contributed by atoms with Crippen molar-refractivity contribution >= 4 is 0 Å². The maximum Gasteiger partial charge on any atom is 0.0905 e. The summed E-state index contributed by atoms with van der Waals surface area (Å²) in [5, 5.41) is 22.5. The van der Waals surface area contributed by atoms with Gasteiger partial charge in [-0.05, 0) is 37.1 Å². The maximum absolute atomic E-state index is 9.96. The van der Waals surface area contributed by atoms with Gasteiger partial charge in [0.25, 0.3) is 0 Å². The van der Waals surface area contributed by atoms with E-state index in [1.807, 2.05) is 0 Å². The standard InChI is InChI=1S/C9H17N3O2/c10-12-11-6-2-4-8-3-1-5-9(8,14)7-13/h8,13-14H,1-7H2/t8-,9-/m1/s1. The van der Waals surface area contributed by atoms with E-state index in [0.29, 0.717) is 13.0 Å². The molecular weight excluding hydrogens is 182 g/mol. The second kappa shape index (κ2) is 5.20. The van der Waals surface area contributed by atoms with E-state index in [-0.39, 0.29) is 12.5 Å². The third kappa shape index (κ3) is 2.61. The van der Waals surface area contributed by atoms with Gasteiger partial charge in [0, 0.05) is 11.5 Å². The van der Waals surface area contributed by atoms with Crippen LogP contribution in [0.2, 0.25) is 0 Å². The summed E-state index contributed by atoms with van der Waals surface area (Å²) < 4.78 is 0. The third-order valence-corrected chi connectivity index (χ3v) is 3.07. The van der Waals surface area contributed by atoms with Gasteiger partial charge in [0.05, 0.1) is 12.2 Å². The molecule has 80 valence electrons. The molecule has 1 aliphatic rings. The van der Waals surface area contributed by atoms with Crippen LogP contribution in [0.4, 0.5) is 0 Å². The van der Waals surface area contributed by atoms with Crippen molar-refractivity contribution in [1.29, 1.82) is 0 Å². The van der Waals surface area contributed by atoms with Crippen molar-refractivity contribution < 1.29 is 10.2 Å². The molecule has 0 aliphatic heterocycles. The number of aliphatic hydroxyl groups is 2. The van der Waals surface area contributed by atoms with Crippen LogP contribution in [0, 0.1) is 5.92 Å². The molecule has 1 aliphatic carbocycles. The lowest BCUT2D eigenvalue weighted by Crippen LogP contribution is -2.37. The summed E-state index contributed by atoms with van der Waals surface area (Å²) in [4.78, 5) is 2.67. The Labute approximate surface area is 83.4 Å². The van der Waals surface area contributed by atoms with Gasteiger partial charge in [-0.1, -0.05) is 11.5 Å². The summed E-state index contributed by atoms with van der Waals surface area (Å²) >= 11 is 0. The van der Waals surface area contributed by atoms with Crippen molar-refractivity contribution in [2.45, 2.75) is 37.7 Å². The molecule has 0 radical (unpaired) electrons. The number of rotatable bonds is 5. The third-order valence-electron chi connectivity index (χ3n) is 3.07. The molecular formula is C9H17N3O2. The average molecular weight is 199 g/mol. The van der Waals surface area contributed by atoms with Crippen LogP contribution in [-0.2, 0) is 0 Å². The zero-order valence-electron chi connectivity index (χ0n) is 8.26. The summed E-state index contributed by atoms with van der Waals surface area (Å²) in [7, 11) is 0. The molecule has 0 aromatic rings. The Morgan fingerprint density at radius 2 is 2.36 bits per heavy atom. The predicted molar refractivity (Wildman–Crippen MR) is 52.6 cm³/mol. The Morgan fingerprint density at radius 3 is 3.00 bits per heavy atom. The first kappa shape index (κ1) is 11.3. The highest BCUT2D eigenvalue weighted by molar-refractivity contribution is 4.91. The van der Waals surface area contributed by atoms with Crippen molar-refractivity contribution in [2.24, 2.45) is 11.0 Å². The molecule has 0 unspecified atom stereocenters. The predicted octanol–water partition coefficient (Wildman–Crippen LogP) is 1.60. The van der Waals surface area contributed by atoms with Gasteiger partial charge in [0.15, 0.2) is 0 Å². The SMILES string of the molecule is [N-]=[N+]=NCCC[C@H]1CCC[C@@]1(O)CO. The van der Waals surface area contributed by atoms with E-state index in [9.17, 15) is 5.11 Å². The first-order valence-electron chi connectivity index (χ1n) is 5.07. The van der Waals surface area contributed by atoms with Gasteiger partial charge in [0.1, 0.15) is 0 Å². The molecule has 0 spiro atoms. The van der Waals surface area contributed by atoms with E-state index in [2.05, 4.69) is 10.0 Å². The van der Waals surface area contributed by atoms with Crippen LogP contribution in [0.25, 0.3) is 10.4 Å². The number of azide groups is 1. The molecule has 14 heavy (non-hydrogen) atoms. The fourth-order valence-electron chi connectivity index (χ4n) is 2.20. The van der Waals surface area contributed by atoms with E-state index < -0.39 is 5.60 Å². The minimum absolute atomic E-state index is 0.154. The van der Waals surface area contributed by atoms with Crippen LogP contribution >= 0.6 is 0 Å². The van der Waals surface area contributed by atoms with Gasteiger partial charge in [-0.2, -0.15) is 0 Å². The highest BCUT2D eigenvalue weighted by Gasteiger charge is 2.39. The summed E-state index contributed by atoms with van der Waals surface area (Å²) in [6.07, 6.45) is 4.25.